The van der Waals surface area contributed by atoms with E-state index in [1.807, 2.05) is 0 Å². The number of aryl methyl sites for hydroxylation is 2. The Morgan fingerprint density at radius 3 is 2.61 bits per heavy atom. The largest absolute Gasteiger partial charge is 0.321 e. The third-order valence-electron chi connectivity index (χ3n) is 4.69. The Morgan fingerprint density at radius 2 is 2.00 bits per heavy atom. The van der Waals surface area contributed by atoms with Crippen LogP contribution in [0.3, 0.4) is 0 Å². The fraction of sp³-hybridized carbons (Fsp3) is 0.647. The zero-order chi connectivity index (χ0) is 13.3. The maximum absolute atomic E-state index is 6.76. The first-order valence-electron chi connectivity index (χ1n) is 7.29. The Bertz CT molecular complexity index is 422. The normalized spacial score (nSPS) is 28.7. The van der Waals surface area contributed by atoms with Crippen LogP contribution in [0.25, 0.3) is 0 Å². The minimum Gasteiger partial charge on any atom is -0.321 e. The number of rotatable bonds is 2. The molecular formula is C17H27N. The fourth-order valence-electron chi connectivity index (χ4n) is 3.54. The molecule has 1 heteroatoms. The lowest BCUT2D eigenvalue weighted by molar-refractivity contribution is 0.183. The van der Waals surface area contributed by atoms with Gasteiger partial charge in [-0.25, -0.2) is 0 Å². The van der Waals surface area contributed by atoms with Crippen LogP contribution in [0.15, 0.2) is 18.2 Å². The molecule has 1 aromatic carbocycles. The molecule has 1 nitrogen and oxygen atoms in total. The Balaban J connectivity index is 2.29. The summed E-state index contributed by atoms with van der Waals surface area (Å²) in [4.78, 5) is 0. The van der Waals surface area contributed by atoms with Crippen LogP contribution in [-0.4, -0.2) is 0 Å². The fourth-order valence-corrected chi connectivity index (χ4v) is 3.54. The standard InChI is InChI=1S/C17H27N/c1-12(2)15-6-5-9-17(18,11-15)16-8-7-13(3)10-14(16)4/h7-8,10,12,15H,5-6,9,11,18H2,1-4H3. The van der Waals surface area contributed by atoms with E-state index < -0.39 is 0 Å². The van der Waals surface area contributed by atoms with Crippen molar-refractivity contribution in [3.8, 4) is 0 Å². The average Bonchev–Trinajstić information content (AvgIpc) is 2.28. The van der Waals surface area contributed by atoms with Gasteiger partial charge in [-0.2, -0.15) is 0 Å². The van der Waals surface area contributed by atoms with Gasteiger partial charge in [0.05, 0.1) is 0 Å². The van der Waals surface area contributed by atoms with Crippen LogP contribution in [0, 0.1) is 25.7 Å². The van der Waals surface area contributed by atoms with Gasteiger partial charge in [0.1, 0.15) is 0 Å². The van der Waals surface area contributed by atoms with Crippen LogP contribution < -0.4 is 5.73 Å². The summed E-state index contributed by atoms with van der Waals surface area (Å²) in [7, 11) is 0. The van der Waals surface area contributed by atoms with Crippen molar-refractivity contribution >= 4 is 0 Å². The van der Waals surface area contributed by atoms with Crippen molar-refractivity contribution in [3.05, 3.63) is 34.9 Å². The first-order chi connectivity index (χ1) is 8.42. The minimum atomic E-state index is -0.0923. The van der Waals surface area contributed by atoms with Gasteiger partial charge >= 0.3 is 0 Å². The zero-order valence-corrected chi connectivity index (χ0v) is 12.3. The van der Waals surface area contributed by atoms with Gasteiger partial charge in [-0.15, -0.1) is 0 Å². The molecule has 2 N–H and O–H groups in total. The van der Waals surface area contributed by atoms with Gasteiger partial charge in [0.25, 0.3) is 0 Å². The number of nitrogens with two attached hydrogens (primary N) is 1. The summed E-state index contributed by atoms with van der Waals surface area (Å²) >= 11 is 0. The maximum atomic E-state index is 6.76. The van der Waals surface area contributed by atoms with Crippen molar-refractivity contribution in [2.75, 3.05) is 0 Å². The monoisotopic (exact) mass is 245 g/mol. The van der Waals surface area contributed by atoms with Gasteiger partial charge < -0.3 is 5.73 Å². The van der Waals surface area contributed by atoms with Crippen molar-refractivity contribution in [3.63, 3.8) is 0 Å². The van der Waals surface area contributed by atoms with E-state index in [9.17, 15) is 0 Å². The van der Waals surface area contributed by atoms with Crippen LogP contribution in [0.5, 0.6) is 0 Å². The molecule has 1 aliphatic rings. The van der Waals surface area contributed by atoms with Gasteiger partial charge in [0.2, 0.25) is 0 Å². The molecule has 18 heavy (non-hydrogen) atoms. The molecule has 1 saturated carbocycles. The third kappa shape index (κ3) is 2.61. The Morgan fingerprint density at radius 1 is 1.28 bits per heavy atom. The summed E-state index contributed by atoms with van der Waals surface area (Å²) in [5, 5.41) is 0. The highest BCUT2D eigenvalue weighted by Crippen LogP contribution is 2.41. The molecule has 2 atom stereocenters. The lowest BCUT2D eigenvalue weighted by Crippen LogP contribution is -2.43. The van der Waals surface area contributed by atoms with Crippen molar-refractivity contribution in [1.82, 2.24) is 0 Å². The van der Waals surface area contributed by atoms with E-state index in [1.165, 1.54) is 29.5 Å². The predicted molar refractivity (Wildman–Crippen MR) is 78.6 cm³/mol. The van der Waals surface area contributed by atoms with Gasteiger partial charge in [0, 0.05) is 5.54 Å². The van der Waals surface area contributed by atoms with Crippen molar-refractivity contribution in [1.29, 1.82) is 0 Å². The third-order valence-corrected chi connectivity index (χ3v) is 4.69. The van der Waals surface area contributed by atoms with E-state index in [-0.39, 0.29) is 5.54 Å². The first kappa shape index (κ1) is 13.6. The molecule has 1 fully saturated rings. The topological polar surface area (TPSA) is 26.0 Å². The van der Waals surface area contributed by atoms with Gasteiger partial charge in [-0.05, 0) is 49.7 Å². The Labute approximate surface area is 112 Å². The zero-order valence-electron chi connectivity index (χ0n) is 12.3. The molecule has 0 aromatic heterocycles. The molecule has 0 radical (unpaired) electrons. The molecule has 0 spiro atoms. The van der Waals surface area contributed by atoms with Crippen LogP contribution >= 0.6 is 0 Å². The number of hydrogen-bond donors (Lipinski definition) is 1. The molecule has 1 aliphatic carbocycles. The molecule has 1 aromatic rings. The minimum absolute atomic E-state index is 0.0923. The van der Waals surface area contributed by atoms with Gasteiger partial charge in [-0.1, -0.05) is 50.5 Å². The predicted octanol–water partition coefficient (Wildman–Crippen LogP) is 4.30. The van der Waals surface area contributed by atoms with Gasteiger partial charge in [0.15, 0.2) is 0 Å². The van der Waals surface area contributed by atoms with E-state index in [1.54, 1.807) is 0 Å². The van der Waals surface area contributed by atoms with Crippen molar-refractivity contribution in [2.45, 2.75) is 58.9 Å². The molecule has 2 unspecified atom stereocenters. The number of hydrogen-bond acceptors (Lipinski definition) is 1. The second-order valence-electron chi connectivity index (χ2n) is 6.57. The van der Waals surface area contributed by atoms with Crippen LogP contribution in [0.1, 0.15) is 56.2 Å². The summed E-state index contributed by atoms with van der Waals surface area (Å²) in [6.07, 6.45) is 4.91. The van der Waals surface area contributed by atoms with E-state index in [0.29, 0.717) is 0 Å². The quantitative estimate of drug-likeness (QED) is 0.826. The summed E-state index contributed by atoms with van der Waals surface area (Å²) in [6, 6.07) is 6.73. The lowest BCUT2D eigenvalue weighted by Gasteiger charge is -2.41. The second-order valence-corrected chi connectivity index (χ2v) is 6.57. The summed E-state index contributed by atoms with van der Waals surface area (Å²) < 4.78 is 0. The summed E-state index contributed by atoms with van der Waals surface area (Å²) in [5.41, 5.74) is 10.7. The molecule has 0 bridgehead atoms. The summed E-state index contributed by atoms with van der Waals surface area (Å²) in [6.45, 7) is 9.02. The molecule has 0 aliphatic heterocycles. The second kappa shape index (κ2) is 5.05. The van der Waals surface area contributed by atoms with Crippen LogP contribution in [0.2, 0.25) is 0 Å². The molecule has 2 rings (SSSR count). The van der Waals surface area contributed by atoms with E-state index in [4.69, 9.17) is 5.73 Å². The van der Waals surface area contributed by atoms with Crippen molar-refractivity contribution in [2.24, 2.45) is 17.6 Å². The first-order valence-corrected chi connectivity index (χ1v) is 7.29. The molecular weight excluding hydrogens is 218 g/mol. The Kier molecular flexibility index (Phi) is 3.82. The molecule has 100 valence electrons. The molecule has 0 heterocycles. The SMILES string of the molecule is Cc1ccc(C2(N)CCCC(C(C)C)C2)c(C)c1. The Hall–Kier alpha value is -0.820. The van der Waals surface area contributed by atoms with Crippen LogP contribution in [-0.2, 0) is 5.54 Å². The highest BCUT2D eigenvalue weighted by Gasteiger charge is 2.36. The smallest absolute Gasteiger partial charge is 0.0415 e. The van der Waals surface area contributed by atoms with E-state index in [0.717, 1.165) is 24.7 Å². The molecule has 0 amide bonds. The molecule has 0 saturated heterocycles. The maximum Gasteiger partial charge on any atom is 0.0415 e. The van der Waals surface area contributed by atoms with E-state index in [2.05, 4.69) is 45.9 Å². The average molecular weight is 245 g/mol. The van der Waals surface area contributed by atoms with E-state index >= 15 is 0 Å². The van der Waals surface area contributed by atoms with Crippen LogP contribution in [0.4, 0.5) is 0 Å². The van der Waals surface area contributed by atoms with Gasteiger partial charge in [-0.3, -0.25) is 0 Å². The summed E-state index contributed by atoms with van der Waals surface area (Å²) in [5.74, 6) is 1.53. The highest BCUT2D eigenvalue weighted by atomic mass is 14.8. The number of benzene rings is 1. The van der Waals surface area contributed by atoms with Crippen molar-refractivity contribution < 1.29 is 0 Å². The lowest BCUT2D eigenvalue weighted by atomic mass is 9.68. The highest BCUT2D eigenvalue weighted by molar-refractivity contribution is 5.36.